The summed E-state index contributed by atoms with van der Waals surface area (Å²) in [6.07, 6.45) is -4.99. The number of halogens is 3. The summed E-state index contributed by atoms with van der Waals surface area (Å²) in [7, 11) is 0. The molecule has 0 saturated carbocycles. The molecule has 0 aliphatic heterocycles. The summed E-state index contributed by atoms with van der Waals surface area (Å²) >= 11 is 0. The van der Waals surface area contributed by atoms with Gasteiger partial charge in [0.1, 0.15) is 0 Å². The molecule has 0 bridgehead atoms. The van der Waals surface area contributed by atoms with Crippen molar-refractivity contribution in [1.82, 2.24) is 0 Å². The minimum absolute atomic E-state index is 0.373. The standard InChI is InChI=1S/C14H17F3O/c1-10(2)8-11-4-3-5-12(9-11)13(18)6-7-14(15,16)17/h3-5,9-10H,6-8H2,1-2H3. The second-order valence-electron chi connectivity index (χ2n) is 4.84. The van der Waals surface area contributed by atoms with Crippen LogP contribution in [0.5, 0.6) is 0 Å². The molecule has 0 saturated heterocycles. The second-order valence-corrected chi connectivity index (χ2v) is 4.84. The van der Waals surface area contributed by atoms with Gasteiger partial charge in [0.25, 0.3) is 0 Å². The Morgan fingerprint density at radius 2 is 1.94 bits per heavy atom. The zero-order valence-corrected chi connectivity index (χ0v) is 10.6. The van der Waals surface area contributed by atoms with Crippen LogP contribution in [0.4, 0.5) is 13.2 Å². The van der Waals surface area contributed by atoms with E-state index < -0.39 is 24.8 Å². The van der Waals surface area contributed by atoms with Crippen molar-refractivity contribution in [2.24, 2.45) is 5.92 Å². The van der Waals surface area contributed by atoms with Crippen molar-refractivity contribution < 1.29 is 18.0 Å². The fourth-order valence-corrected chi connectivity index (χ4v) is 1.74. The third-order valence-corrected chi connectivity index (χ3v) is 2.53. The van der Waals surface area contributed by atoms with Gasteiger partial charge in [-0.15, -0.1) is 0 Å². The number of alkyl halides is 3. The summed E-state index contributed by atoms with van der Waals surface area (Å²) in [6.45, 7) is 4.11. The van der Waals surface area contributed by atoms with E-state index in [2.05, 4.69) is 13.8 Å². The normalized spacial score (nSPS) is 11.9. The molecule has 1 aromatic carbocycles. The quantitative estimate of drug-likeness (QED) is 0.715. The van der Waals surface area contributed by atoms with Crippen molar-refractivity contribution in [3.63, 3.8) is 0 Å². The molecule has 0 unspecified atom stereocenters. The Hall–Kier alpha value is -1.32. The summed E-state index contributed by atoms with van der Waals surface area (Å²) in [5.41, 5.74) is 1.36. The molecule has 0 radical (unpaired) electrons. The highest BCUT2D eigenvalue weighted by molar-refractivity contribution is 5.96. The number of carbonyl (C=O) groups is 1. The highest BCUT2D eigenvalue weighted by Crippen LogP contribution is 2.23. The molecule has 0 fully saturated rings. The molecule has 0 N–H and O–H groups in total. The summed E-state index contributed by atoms with van der Waals surface area (Å²) in [4.78, 5) is 11.6. The Balaban J connectivity index is 2.68. The lowest BCUT2D eigenvalue weighted by molar-refractivity contribution is -0.133. The fourth-order valence-electron chi connectivity index (χ4n) is 1.74. The van der Waals surface area contributed by atoms with Crippen LogP contribution in [0.1, 0.15) is 42.6 Å². The average Bonchev–Trinajstić information content (AvgIpc) is 2.24. The highest BCUT2D eigenvalue weighted by Gasteiger charge is 2.28. The van der Waals surface area contributed by atoms with Gasteiger partial charge in [0.05, 0.1) is 6.42 Å². The summed E-state index contributed by atoms with van der Waals surface area (Å²) in [5, 5.41) is 0. The largest absolute Gasteiger partial charge is 0.389 e. The van der Waals surface area contributed by atoms with Crippen LogP contribution in [0.15, 0.2) is 24.3 Å². The van der Waals surface area contributed by atoms with E-state index in [9.17, 15) is 18.0 Å². The Bertz CT molecular complexity index is 408. The topological polar surface area (TPSA) is 17.1 Å². The van der Waals surface area contributed by atoms with Gasteiger partial charge < -0.3 is 0 Å². The molecule has 4 heteroatoms. The van der Waals surface area contributed by atoms with Crippen molar-refractivity contribution in [2.75, 3.05) is 0 Å². The van der Waals surface area contributed by atoms with Crippen LogP contribution in [-0.4, -0.2) is 12.0 Å². The molecule has 0 amide bonds. The van der Waals surface area contributed by atoms with E-state index in [0.29, 0.717) is 11.5 Å². The molecule has 18 heavy (non-hydrogen) atoms. The molecule has 1 rings (SSSR count). The number of rotatable bonds is 5. The molecule has 100 valence electrons. The van der Waals surface area contributed by atoms with Gasteiger partial charge in [0.15, 0.2) is 5.78 Å². The van der Waals surface area contributed by atoms with Crippen LogP contribution >= 0.6 is 0 Å². The maximum absolute atomic E-state index is 12.0. The maximum Gasteiger partial charge on any atom is 0.389 e. The van der Waals surface area contributed by atoms with Crippen molar-refractivity contribution in [2.45, 2.75) is 39.3 Å². The van der Waals surface area contributed by atoms with Crippen LogP contribution in [0, 0.1) is 5.92 Å². The molecular weight excluding hydrogens is 241 g/mol. The van der Waals surface area contributed by atoms with Crippen LogP contribution in [0.3, 0.4) is 0 Å². The third kappa shape index (κ3) is 5.34. The predicted octanol–water partition coefficient (Wildman–Crippen LogP) is 4.41. The Morgan fingerprint density at radius 3 is 2.50 bits per heavy atom. The Kier molecular flexibility index (Phi) is 4.93. The van der Waals surface area contributed by atoms with Gasteiger partial charge in [-0.2, -0.15) is 13.2 Å². The highest BCUT2D eigenvalue weighted by atomic mass is 19.4. The first kappa shape index (κ1) is 14.7. The summed E-state index contributed by atoms with van der Waals surface area (Å²) in [5.74, 6) is 0.00320. The van der Waals surface area contributed by atoms with Crippen LogP contribution in [0.2, 0.25) is 0 Å². The molecule has 0 atom stereocenters. The van der Waals surface area contributed by atoms with Crippen LogP contribution in [0.25, 0.3) is 0 Å². The number of carbonyl (C=O) groups excluding carboxylic acids is 1. The summed E-state index contributed by atoms with van der Waals surface area (Å²) in [6, 6.07) is 6.88. The first-order chi connectivity index (χ1) is 8.28. The van der Waals surface area contributed by atoms with E-state index in [-0.39, 0.29) is 0 Å². The fraction of sp³-hybridized carbons (Fsp3) is 0.500. The summed E-state index contributed by atoms with van der Waals surface area (Å²) < 4.78 is 36.1. The number of hydrogen-bond donors (Lipinski definition) is 0. The molecule has 0 aliphatic carbocycles. The zero-order valence-electron chi connectivity index (χ0n) is 10.6. The van der Waals surface area contributed by atoms with Gasteiger partial charge in [-0.05, 0) is 24.0 Å². The minimum Gasteiger partial charge on any atom is -0.294 e. The van der Waals surface area contributed by atoms with Crippen molar-refractivity contribution in [3.05, 3.63) is 35.4 Å². The van der Waals surface area contributed by atoms with E-state index in [1.54, 1.807) is 18.2 Å². The van der Waals surface area contributed by atoms with Gasteiger partial charge in [0.2, 0.25) is 0 Å². The SMILES string of the molecule is CC(C)Cc1cccc(C(=O)CCC(F)(F)F)c1. The van der Waals surface area contributed by atoms with Gasteiger partial charge in [-0.3, -0.25) is 4.79 Å². The second kappa shape index (κ2) is 6.03. The molecule has 1 nitrogen and oxygen atoms in total. The monoisotopic (exact) mass is 258 g/mol. The smallest absolute Gasteiger partial charge is 0.294 e. The lowest BCUT2D eigenvalue weighted by atomic mass is 9.98. The van der Waals surface area contributed by atoms with Crippen molar-refractivity contribution >= 4 is 5.78 Å². The molecule has 0 heterocycles. The number of ketones is 1. The van der Waals surface area contributed by atoms with E-state index in [1.165, 1.54) is 0 Å². The minimum atomic E-state index is -4.27. The zero-order chi connectivity index (χ0) is 13.8. The average molecular weight is 258 g/mol. The van der Waals surface area contributed by atoms with Gasteiger partial charge in [0, 0.05) is 12.0 Å². The van der Waals surface area contributed by atoms with E-state index in [4.69, 9.17) is 0 Å². The lowest BCUT2D eigenvalue weighted by Crippen LogP contribution is -2.11. The van der Waals surface area contributed by atoms with Crippen molar-refractivity contribution in [1.29, 1.82) is 0 Å². The maximum atomic E-state index is 12.0. The number of Topliss-reactive ketones (excluding diaryl/α,β-unsaturated/α-hetero) is 1. The van der Waals surface area contributed by atoms with Crippen LogP contribution < -0.4 is 0 Å². The molecule has 1 aromatic rings. The lowest BCUT2D eigenvalue weighted by Gasteiger charge is -2.08. The van der Waals surface area contributed by atoms with Crippen molar-refractivity contribution in [3.8, 4) is 0 Å². The molecule has 0 aromatic heterocycles. The Labute approximate surface area is 105 Å². The first-order valence-electron chi connectivity index (χ1n) is 5.97. The van der Waals surface area contributed by atoms with E-state index >= 15 is 0 Å². The Morgan fingerprint density at radius 1 is 1.28 bits per heavy atom. The molecule has 0 spiro atoms. The molecule has 0 aliphatic rings. The van der Waals surface area contributed by atoms with Gasteiger partial charge in [-0.25, -0.2) is 0 Å². The molecular formula is C14H17F3O. The van der Waals surface area contributed by atoms with Gasteiger partial charge >= 0.3 is 6.18 Å². The van der Waals surface area contributed by atoms with E-state index in [0.717, 1.165) is 12.0 Å². The third-order valence-electron chi connectivity index (χ3n) is 2.53. The van der Waals surface area contributed by atoms with Crippen LogP contribution in [-0.2, 0) is 6.42 Å². The number of hydrogen-bond acceptors (Lipinski definition) is 1. The van der Waals surface area contributed by atoms with Gasteiger partial charge in [-0.1, -0.05) is 32.0 Å². The predicted molar refractivity (Wildman–Crippen MR) is 64.6 cm³/mol. The van der Waals surface area contributed by atoms with E-state index in [1.807, 2.05) is 6.07 Å². The number of benzene rings is 1. The first-order valence-corrected chi connectivity index (χ1v) is 5.97.